The summed E-state index contributed by atoms with van der Waals surface area (Å²) in [6, 6.07) is 0. The molecule has 0 aromatic carbocycles. The molecule has 0 fully saturated rings. The Balaban J connectivity index is 3.48. The highest BCUT2D eigenvalue weighted by Gasteiger charge is 2.02. The summed E-state index contributed by atoms with van der Waals surface area (Å²) in [6.07, 6.45) is 21.9. The van der Waals surface area contributed by atoms with Gasteiger partial charge in [0, 0.05) is 5.57 Å². The molecule has 0 rings (SSSR count). The number of carbonyl (C=O) groups excluding carboxylic acids is 1. The lowest BCUT2D eigenvalue weighted by Gasteiger charge is -2.02. The molecule has 0 aromatic rings. The summed E-state index contributed by atoms with van der Waals surface area (Å²) in [7, 11) is 0. The lowest BCUT2D eigenvalue weighted by Crippen LogP contribution is -2.00. The molecule has 0 spiro atoms. The van der Waals surface area contributed by atoms with Gasteiger partial charge in [-0.15, -0.1) is 0 Å². The molecule has 0 unspecified atom stereocenters. The first kappa shape index (κ1) is 21.9. The van der Waals surface area contributed by atoms with Gasteiger partial charge in [0.25, 0.3) is 0 Å². The Morgan fingerprint density at radius 3 is 1.91 bits per heavy atom. The smallest absolute Gasteiger partial charge is 0.338 e. The number of allylic oxidation sites excluding steroid dienone is 2. The molecule has 2 nitrogen and oxygen atoms in total. The van der Waals surface area contributed by atoms with Crippen LogP contribution in [-0.2, 0) is 9.53 Å². The van der Waals surface area contributed by atoms with E-state index in [1.807, 2.05) is 19.1 Å². The van der Waals surface area contributed by atoms with E-state index in [-0.39, 0.29) is 5.97 Å². The molecule has 0 amide bonds. The molecule has 0 radical (unpaired) electrons. The standard InChI is InChI=1S/C21H38O2/c1-4-6-8-9-10-11-12-13-14-15-16-18-20(3)21(22)23-19-17-7-5-2/h17-19H,4-16H2,1-3H3/b19-17+,20-18+. The molecule has 0 aliphatic heterocycles. The van der Waals surface area contributed by atoms with Crippen LogP contribution >= 0.6 is 0 Å². The van der Waals surface area contributed by atoms with E-state index in [9.17, 15) is 4.79 Å². The Hall–Kier alpha value is -1.05. The molecule has 0 saturated carbocycles. The van der Waals surface area contributed by atoms with Crippen molar-refractivity contribution in [3.05, 3.63) is 24.0 Å². The molecular weight excluding hydrogens is 284 g/mol. The van der Waals surface area contributed by atoms with Crippen LogP contribution in [0.25, 0.3) is 0 Å². The summed E-state index contributed by atoms with van der Waals surface area (Å²) in [5, 5.41) is 0. The van der Waals surface area contributed by atoms with Gasteiger partial charge in [-0.1, -0.05) is 84.1 Å². The van der Waals surface area contributed by atoms with Crippen molar-refractivity contribution in [2.24, 2.45) is 0 Å². The molecule has 134 valence electrons. The topological polar surface area (TPSA) is 26.3 Å². The lowest BCUT2D eigenvalue weighted by molar-refractivity contribution is -0.133. The number of hydrogen-bond donors (Lipinski definition) is 0. The molecule has 0 aliphatic carbocycles. The van der Waals surface area contributed by atoms with Crippen LogP contribution in [0.15, 0.2) is 24.0 Å². The van der Waals surface area contributed by atoms with Gasteiger partial charge in [0.15, 0.2) is 0 Å². The van der Waals surface area contributed by atoms with Crippen molar-refractivity contribution >= 4 is 5.97 Å². The first-order chi connectivity index (χ1) is 11.2. The zero-order chi connectivity index (χ0) is 17.2. The Morgan fingerprint density at radius 1 is 0.783 bits per heavy atom. The zero-order valence-corrected chi connectivity index (χ0v) is 15.7. The normalized spacial score (nSPS) is 12.0. The van der Waals surface area contributed by atoms with E-state index in [4.69, 9.17) is 4.74 Å². The number of unbranched alkanes of at least 4 members (excludes halogenated alkanes) is 11. The Labute approximate surface area is 144 Å². The fourth-order valence-corrected chi connectivity index (χ4v) is 2.47. The molecule has 2 heteroatoms. The predicted octanol–water partition coefficient (Wildman–Crippen LogP) is 7.10. The van der Waals surface area contributed by atoms with Gasteiger partial charge in [-0.2, -0.15) is 0 Å². The minimum atomic E-state index is -0.218. The van der Waals surface area contributed by atoms with Crippen LogP contribution in [0.1, 0.15) is 104 Å². The molecular formula is C21H38O2. The van der Waals surface area contributed by atoms with Gasteiger partial charge < -0.3 is 4.74 Å². The van der Waals surface area contributed by atoms with Crippen molar-refractivity contribution in [1.29, 1.82) is 0 Å². The van der Waals surface area contributed by atoms with Gasteiger partial charge in [-0.3, -0.25) is 0 Å². The van der Waals surface area contributed by atoms with Crippen LogP contribution in [0.3, 0.4) is 0 Å². The van der Waals surface area contributed by atoms with Gasteiger partial charge in [0.05, 0.1) is 6.26 Å². The van der Waals surface area contributed by atoms with Crippen LogP contribution < -0.4 is 0 Å². The summed E-state index contributed by atoms with van der Waals surface area (Å²) >= 11 is 0. The third kappa shape index (κ3) is 15.6. The SMILES string of the molecule is CCC/C=C/OC(=O)/C(C)=C/CCCCCCCCCCCC. The zero-order valence-electron chi connectivity index (χ0n) is 15.7. The summed E-state index contributed by atoms with van der Waals surface area (Å²) in [6.45, 7) is 6.20. The second-order valence-corrected chi connectivity index (χ2v) is 6.42. The van der Waals surface area contributed by atoms with Gasteiger partial charge in [-0.05, 0) is 32.3 Å². The Kier molecular flexibility index (Phi) is 16.5. The minimum Gasteiger partial charge on any atom is -0.431 e. The summed E-state index contributed by atoms with van der Waals surface area (Å²) < 4.78 is 5.07. The van der Waals surface area contributed by atoms with E-state index in [0.29, 0.717) is 0 Å². The number of ether oxygens (including phenoxy) is 1. The van der Waals surface area contributed by atoms with Gasteiger partial charge in [0.2, 0.25) is 0 Å². The number of rotatable bonds is 15. The second-order valence-electron chi connectivity index (χ2n) is 6.42. The first-order valence-corrected chi connectivity index (χ1v) is 9.75. The van der Waals surface area contributed by atoms with Crippen molar-refractivity contribution < 1.29 is 9.53 Å². The van der Waals surface area contributed by atoms with E-state index >= 15 is 0 Å². The maximum atomic E-state index is 11.7. The Bertz CT molecular complexity index is 329. The van der Waals surface area contributed by atoms with E-state index in [2.05, 4.69) is 13.8 Å². The highest BCUT2D eigenvalue weighted by Crippen LogP contribution is 2.12. The molecule has 23 heavy (non-hydrogen) atoms. The number of hydrogen-bond acceptors (Lipinski definition) is 2. The largest absolute Gasteiger partial charge is 0.431 e. The third-order valence-electron chi connectivity index (χ3n) is 4.06. The summed E-state index contributed by atoms with van der Waals surface area (Å²) in [5.41, 5.74) is 0.724. The monoisotopic (exact) mass is 322 g/mol. The molecule has 0 bridgehead atoms. The van der Waals surface area contributed by atoms with E-state index in [0.717, 1.165) is 24.8 Å². The van der Waals surface area contributed by atoms with E-state index in [1.165, 1.54) is 70.5 Å². The molecule has 0 heterocycles. The van der Waals surface area contributed by atoms with Crippen LogP contribution in [0.5, 0.6) is 0 Å². The van der Waals surface area contributed by atoms with Gasteiger partial charge in [-0.25, -0.2) is 4.79 Å². The first-order valence-electron chi connectivity index (χ1n) is 9.75. The second kappa shape index (κ2) is 17.3. The highest BCUT2D eigenvalue weighted by molar-refractivity contribution is 5.88. The molecule has 0 atom stereocenters. The summed E-state index contributed by atoms with van der Waals surface area (Å²) in [5.74, 6) is -0.218. The lowest BCUT2D eigenvalue weighted by atomic mass is 10.1. The van der Waals surface area contributed by atoms with Crippen molar-refractivity contribution in [3.63, 3.8) is 0 Å². The number of carbonyl (C=O) groups is 1. The Morgan fingerprint density at radius 2 is 1.35 bits per heavy atom. The van der Waals surface area contributed by atoms with Crippen molar-refractivity contribution in [3.8, 4) is 0 Å². The maximum absolute atomic E-state index is 11.7. The fraction of sp³-hybridized carbons (Fsp3) is 0.762. The van der Waals surface area contributed by atoms with Crippen molar-refractivity contribution in [2.75, 3.05) is 0 Å². The van der Waals surface area contributed by atoms with Crippen LogP contribution in [-0.4, -0.2) is 5.97 Å². The summed E-state index contributed by atoms with van der Waals surface area (Å²) in [4.78, 5) is 11.7. The quantitative estimate of drug-likeness (QED) is 0.139. The van der Waals surface area contributed by atoms with Crippen LogP contribution in [0.4, 0.5) is 0 Å². The maximum Gasteiger partial charge on any atom is 0.338 e. The average molecular weight is 323 g/mol. The molecule has 0 saturated heterocycles. The van der Waals surface area contributed by atoms with Crippen LogP contribution in [0, 0.1) is 0 Å². The van der Waals surface area contributed by atoms with Gasteiger partial charge >= 0.3 is 5.97 Å². The predicted molar refractivity (Wildman–Crippen MR) is 100 cm³/mol. The average Bonchev–Trinajstić information content (AvgIpc) is 2.56. The molecule has 0 aromatic heterocycles. The van der Waals surface area contributed by atoms with E-state index < -0.39 is 0 Å². The third-order valence-corrected chi connectivity index (χ3v) is 4.06. The minimum absolute atomic E-state index is 0.218. The molecule has 0 aliphatic rings. The van der Waals surface area contributed by atoms with Crippen molar-refractivity contribution in [2.45, 2.75) is 104 Å². The number of esters is 1. The van der Waals surface area contributed by atoms with E-state index in [1.54, 1.807) is 0 Å². The fourth-order valence-electron chi connectivity index (χ4n) is 2.47. The van der Waals surface area contributed by atoms with Crippen LogP contribution in [0.2, 0.25) is 0 Å². The van der Waals surface area contributed by atoms with Gasteiger partial charge in [0.1, 0.15) is 0 Å². The molecule has 0 N–H and O–H groups in total. The van der Waals surface area contributed by atoms with Crippen molar-refractivity contribution in [1.82, 2.24) is 0 Å². The highest BCUT2D eigenvalue weighted by atomic mass is 16.5.